The summed E-state index contributed by atoms with van der Waals surface area (Å²) in [7, 11) is 0. The van der Waals surface area contributed by atoms with Crippen LogP contribution in [0.15, 0.2) is 17.5 Å². The number of carbonyl (C=O) groups is 2. The third-order valence-electron chi connectivity index (χ3n) is 3.48. The maximum absolute atomic E-state index is 14.5. The number of anilines is 2. The summed E-state index contributed by atoms with van der Waals surface area (Å²) >= 11 is 1.14. The van der Waals surface area contributed by atoms with Crippen molar-refractivity contribution in [2.45, 2.75) is 19.9 Å². The number of amides is 2. The van der Waals surface area contributed by atoms with E-state index in [0.717, 1.165) is 16.9 Å². The predicted molar refractivity (Wildman–Crippen MR) is 86.2 cm³/mol. The highest BCUT2D eigenvalue weighted by Crippen LogP contribution is 2.25. The second kappa shape index (κ2) is 6.43. The summed E-state index contributed by atoms with van der Waals surface area (Å²) in [5.74, 6) is -1.17. The van der Waals surface area contributed by atoms with Gasteiger partial charge in [0.1, 0.15) is 11.5 Å². The van der Waals surface area contributed by atoms with Gasteiger partial charge < -0.3 is 16.0 Å². The van der Waals surface area contributed by atoms with E-state index in [1.165, 1.54) is 12.3 Å². The molecule has 8 heteroatoms. The topological polar surface area (TPSA) is 83.1 Å². The molecule has 6 nitrogen and oxygen atoms in total. The highest BCUT2D eigenvalue weighted by atomic mass is 32.1. The van der Waals surface area contributed by atoms with Gasteiger partial charge in [-0.25, -0.2) is 9.37 Å². The average molecular weight is 334 g/mol. The summed E-state index contributed by atoms with van der Waals surface area (Å²) in [6, 6.07) is 3.37. The van der Waals surface area contributed by atoms with Crippen LogP contribution in [-0.4, -0.2) is 23.3 Å². The van der Waals surface area contributed by atoms with Gasteiger partial charge in [-0.1, -0.05) is 6.07 Å². The quantitative estimate of drug-likeness (QED) is 0.803. The Morgan fingerprint density at radius 2 is 2.17 bits per heavy atom. The third-order valence-corrected chi connectivity index (χ3v) is 4.23. The van der Waals surface area contributed by atoms with Crippen LogP contribution in [-0.2, 0) is 17.8 Å². The summed E-state index contributed by atoms with van der Waals surface area (Å²) in [6.07, 6.45) is 0.592. The normalized spacial score (nSPS) is 13.3. The number of hydrogen-bond acceptors (Lipinski definition) is 5. The molecule has 0 radical (unpaired) electrons. The van der Waals surface area contributed by atoms with Crippen LogP contribution in [0.5, 0.6) is 0 Å². The summed E-state index contributed by atoms with van der Waals surface area (Å²) in [5, 5.41) is 10.1. The zero-order valence-corrected chi connectivity index (χ0v) is 13.2. The van der Waals surface area contributed by atoms with Gasteiger partial charge in [0.2, 0.25) is 5.91 Å². The van der Waals surface area contributed by atoms with Crippen LogP contribution in [0, 0.1) is 5.82 Å². The number of nitrogens with one attached hydrogen (secondary N) is 3. The molecule has 3 rings (SSSR count). The minimum atomic E-state index is -0.509. The minimum absolute atomic E-state index is 0.137. The van der Waals surface area contributed by atoms with Crippen LogP contribution in [0.1, 0.15) is 28.5 Å². The Bertz CT molecular complexity index is 775. The number of benzene rings is 1. The molecule has 0 aliphatic carbocycles. The highest BCUT2D eigenvalue weighted by molar-refractivity contribution is 7.14. The van der Waals surface area contributed by atoms with Crippen LogP contribution in [0.2, 0.25) is 0 Å². The van der Waals surface area contributed by atoms with Crippen LogP contribution < -0.4 is 16.0 Å². The van der Waals surface area contributed by atoms with E-state index in [1.807, 2.05) is 6.07 Å². The predicted octanol–water partition coefficient (Wildman–Crippen LogP) is 2.14. The molecule has 1 aromatic carbocycles. The van der Waals surface area contributed by atoms with E-state index in [0.29, 0.717) is 30.2 Å². The molecule has 1 aliphatic rings. The Morgan fingerprint density at radius 3 is 2.96 bits per heavy atom. The molecule has 1 aliphatic heterocycles. The first-order chi connectivity index (χ1) is 11.0. The van der Waals surface area contributed by atoms with Crippen molar-refractivity contribution in [1.29, 1.82) is 0 Å². The lowest BCUT2D eigenvalue weighted by Crippen LogP contribution is -2.25. The Labute approximate surface area is 136 Å². The number of hydrogen-bond donors (Lipinski definition) is 3. The molecule has 0 fully saturated rings. The Kier molecular flexibility index (Phi) is 4.35. The van der Waals surface area contributed by atoms with Gasteiger partial charge in [0, 0.05) is 18.8 Å². The monoisotopic (exact) mass is 334 g/mol. The lowest BCUT2D eigenvalue weighted by molar-refractivity contribution is -0.114. The van der Waals surface area contributed by atoms with Gasteiger partial charge >= 0.3 is 0 Å². The molecule has 0 unspecified atom stereocenters. The van der Waals surface area contributed by atoms with Crippen molar-refractivity contribution in [3.63, 3.8) is 0 Å². The fraction of sp³-hybridized carbons (Fsp3) is 0.267. The summed E-state index contributed by atoms with van der Waals surface area (Å²) in [6.45, 7) is 2.71. The molecule has 0 atom stereocenters. The molecule has 3 N–H and O–H groups in total. The molecule has 0 spiro atoms. The average Bonchev–Trinajstić information content (AvgIpc) is 2.98. The molecule has 1 aromatic heterocycles. The number of rotatable bonds is 3. The van der Waals surface area contributed by atoms with Gasteiger partial charge in [-0.3, -0.25) is 9.59 Å². The van der Waals surface area contributed by atoms with Gasteiger partial charge in [0.25, 0.3) is 5.91 Å². The van der Waals surface area contributed by atoms with Crippen molar-refractivity contribution >= 4 is 34.0 Å². The first-order valence-corrected chi connectivity index (χ1v) is 7.98. The van der Waals surface area contributed by atoms with Gasteiger partial charge in [-0.15, -0.1) is 11.3 Å². The molecule has 2 heterocycles. The summed E-state index contributed by atoms with van der Waals surface area (Å²) in [4.78, 5) is 27.1. The fourth-order valence-corrected chi connectivity index (χ4v) is 3.14. The van der Waals surface area contributed by atoms with Crippen LogP contribution in [0.4, 0.5) is 15.2 Å². The standard InChI is InChI=1S/C15H15FN4O2S/c1-8(21)18-15-20-12(7-23-15)14(22)19-11-3-2-9-6-17-5-4-10(9)13(11)16/h2-3,7,17H,4-6H2,1H3,(H,19,22)(H,18,20,21). The molecular formula is C15H15FN4O2S. The van der Waals surface area contributed by atoms with E-state index in [-0.39, 0.29) is 17.3 Å². The highest BCUT2D eigenvalue weighted by Gasteiger charge is 2.19. The third kappa shape index (κ3) is 3.38. The maximum Gasteiger partial charge on any atom is 0.275 e. The van der Waals surface area contributed by atoms with Crippen molar-refractivity contribution in [2.75, 3.05) is 17.2 Å². The second-order valence-electron chi connectivity index (χ2n) is 5.16. The number of thiazole rings is 1. The zero-order chi connectivity index (χ0) is 16.4. The zero-order valence-electron chi connectivity index (χ0n) is 12.4. The maximum atomic E-state index is 14.5. The minimum Gasteiger partial charge on any atom is -0.318 e. The Morgan fingerprint density at radius 1 is 1.35 bits per heavy atom. The van der Waals surface area contributed by atoms with Gasteiger partial charge in [0.05, 0.1) is 5.69 Å². The van der Waals surface area contributed by atoms with Crippen molar-refractivity contribution in [3.05, 3.63) is 40.2 Å². The molecule has 23 heavy (non-hydrogen) atoms. The molecule has 120 valence electrons. The van der Waals surface area contributed by atoms with Crippen LogP contribution in [0.25, 0.3) is 0 Å². The first kappa shape index (κ1) is 15.6. The van der Waals surface area contributed by atoms with E-state index in [4.69, 9.17) is 0 Å². The van der Waals surface area contributed by atoms with E-state index in [1.54, 1.807) is 6.07 Å². The number of carbonyl (C=O) groups excluding carboxylic acids is 2. The molecule has 2 amide bonds. The molecule has 2 aromatic rings. The number of halogens is 1. The number of nitrogens with zero attached hydrogens (tertiary/aromatic N) is 1. The van der Waals surface area contributed by atoms with E-state index in [9.17, 15) is 14.0 Å². The lowest BCUT2D eigenvalue weighted by atomic mass is 9.99. The van der Waals surface area contributed by atoms with Gasteiger partial charge in [-0.2, -0.15) is 0 Å². The van der Waals surface area contributed by atoms with E-state index in [2.05, 4.69) is 20.9 Å². The van der Waals surface area contributed by atoms with E-state index < -0.39 is 11.7 Å². The van der Waals surface area contributed by atoms with Gasteiger partial charge in [-0.05, 0) is 30.2 Å². The second-order valence-corrected chi connectivity index (χ2v) is 6.02. The number of aromatic nitrogens is 1. The van der Waals surface area contributed by atoms with Crippen LogP contribution in [0.3, 0.4) is 0 Å². The lowest BCUT2D eigenvalue weighted by Gasteiger charge is -2.19. The SMILES string of the molecule is CC(=O)Nc1nc(C(=O)Nc2ccc3c(c2F)CCNC3)cs1. The smallest absolute Gasteiger partial charge is 0.275 e. The van der Waals surface area contributed by atoms with Gasteiger partial charge in [0.15, 0.2) is 5.13 Å². The fourth-order valence-electron chi connectivity index (χ4n) is 2.40. The van der Waals surface area contributed by atoms with Crippen molar-refractivity contribution in [2.24, 2.45) is 0 Å². The molecular weight excluding hydrogens is 319 g/mol. The first-order valence-electron chi connectivity index (χ1n) is 7.10. The van der Waals surface area contributed by atoms with Crippen molar-refractivity contribution in [1.82, 2.24) is 10.3 Å². The Hall–Kier alpha value is -2.32. The Balaban J connectivity index is 1.77. The largest absolute Gasteiger partial charge is 0.318 e. The van der Waals surface area contributed by atoms with Crippen molar-refractivity contribution in [3.8, 4) is 0 Å². The molecule has 0 saturated carbocycles. The van der Waals surface area contributed by atoms with Crippen molar-refractivity contribution < 1.29 is 14.0 Å². The van der Waals surface area contributed by atoms with Crippen LogP contribution >= 0.6 is 11.3 Å². The molecule has 0 bridgehead atoms. The summed E-state index contributed by atoms with van der Waals surface area (Å²) < 4.78 is 14.5. The summed E-state index contributed by atoms with van der Waals surface area (Å²) in [5.41, 5.74) is 1.83. The molecule has 0 saturated heterocycles. The number of fused-ring (bicyclic) bond motifs is 1. The van der Waals surface area contributed by atoms with E-state index >= 15 is 0 Å².